The quantitative estimate of drug-likeness (QED) is 0.834. The lowest BCUT2D eigenvalue weighted by molar-refractivity contribution is 0.0764. The van der Waals surface area contributed by atoms with Crippen LogP contribution in [-0.4, -0.2) is 48.4 Å². The summed E-state index contributed by atoms with van der Waals surface area (Å²) in [5.74, 6) is -3.48. The summed E-state index contributed by atoms with van der Waals surface area (Å²) in [7, 11) is 0. The van der Waals surface area contributed by atoms with E-state index in [4.69, 9.17) is 5.73 Å². The average molecular weight is 403 g/mol. The van der Waals surface area contributed by atoms with E-state index in [1.807, 2.05) is 30.3 Å². The maximum absolute atomic E-state index is 13.9. The Morgan fingerprint density at radius 1 is 1.00 bits per heavy atom. The number of carbonyl (C=O) groups is 1. The highest BCUT2D eigenvalue weighted by Gasteiger charge is 2.42. The molecule has 3 atom stereocenters. The van der Waals surface area contributed by atoms with Gasteiger partial charge in [0.05, 0.1) is 0 Å². The Morgan fingerprint density at radius 3 is 2.17 bits per heavy atom. The molecule has 2 heterocycles. The third kappa shape index (κ3) is 4.16. The summed E-state index contributed by atoms with van der Waals surface area (Å²) in [6.45, 7) is 3.47. The Bertz CT molecular complexity index is 855. The number of nitrogens with zero attached hydrogens (tertiary/aromatic N) is 2. The highest BCUT2D eigenvalue weighted by Crippen LogP contribution is 2.33. The molecule has 4 nitrogen and oxygen atoms in total. The van der Waals surface area contributed by atoms with Crippen LogP contribution in [0.3, 0.4) is 0 Å². The molecule has 7 heteroatoms. The van der Waals surface area contributed by atoms with Gasteiger partial charge in [-0.2, -0.15) is 0 Å². The molecule has 1 amide bonds. The van der Waals surface area contributed by atoms with Crippen LogP contribution in [-0.2, 0) is 0 Å². The van der Waals surface area contributed by atoms with Crippen LogP contribution < -0.4 is 5.73 Å². The molecule has 4 rings (SSSR count). The number of amides is 1. The van der Waals surface area contributed by atoms with E-state index >= 15 is 0 Å². The smallest absolute Gasteiger partial charge is 0.259 e. The van der Waals surface area contributed by atoms with Gasteiger partial charge >= 0.3 is 0 Å². The molecule has 0 spiro atoms. The first-order valence-electron chi connectivity index (χ1n) is 9.89. The number of likely N-dealkylation sites (tertiary alicyclic amines) is 2. The van der Waals surface area contributed by atoms with E-state index in [0.29, 0.717) is 25.2 Å². The number of rotatable bonds is 5. The summed E-state index contributed by atoms with van der Waals surface area (Å²) in [5, 5.41) is 0. The number of hydrogen-bond donors (Lipinski definition) is 1. The van der Waals surface area contributed by atoms with E-state index < -0.39 is 28.9 Å². The molecule has 0 bridgehead atoms. The van der Waals surface area contributed by atoms with Crippen LogP contribution in [0.15, 0.2) is 42.5 Å². The van der Waals surface area contributed by atoms with Crippen molar-refractivity contribution < 1.29 is 18.0 Å². The molecular weight excluding hydrogens is 379 g/mol. The molecule has 0 radical (unpaired) electrons. The zero-order valence-electron chi connectivity index (χ0n) is 16.0. The highest BCUT2D eigenvalue weighted by atomic mass is 19.1. The minimum absolute atomic E-state index is 0.0147. The van der Waals surface area contributed by atoms with Crippen molar-refractivity contribution in [1.82, 2.24) is 9.80 Å². The fourth-order valence-corrected chi connectivity index (χ4v) is 4.53. The molecule has 2 aromatic rings. The summed E-state index contributed by atoms with van der Waals surface area (Å²) >= 11 is 0. The molecule has 2 aliphatic rings. The van der Waals surface area contributed by atoms with Gasteiger partial charge in [-0.15, -0.1) is 0 Å². The summed E-state index contributed by atoms with van der Waals surface area (Å²) in [5.41, 5.74) is 6.72. The van der Waals surface area contributed by atoms with Crippen LogP contribution >= 0.6 is 0 Å². The molecule has 2 fully saturated rings. The first kappa shape index (κ1) is 19.9. The van der Waals surface area contributed by atoms with E-state index in [-0.39, 0.29) is 17.9 Å². The monoisotopic (exact) mass is 403 g/mol. The van der Waals surface area contributed by atoms with Crippen LogP contribution in [0, 0.1) is 29.3 Å². The SMILES string of the molecule is N[C@@H](CCN1CC2CN(C(=O)c3c(F)cc(F)cc3F)CC2C1)c1ccccc1. The molecule has 2 aliphatic heterocycles. The van der Waals surface area contributed by atoms with Crippen molar-refractivity contribution in [2.75, 3.05) is 32.7 Å². The second kappa shape index (κ2) is 8.16. The fraction of sp³-hybridized carbons (Fsp3) is 0.409. The largest absolute Gasteiger partial charge is 0.338 e. The minimum atomic E-state index is -1.15. The number of nitrogens with two attached hydrogens (primary N) is 1. The first-order valence-corrected chi connectivity index (χ1v) is 9.89. The molecule has 2 N–H and O–H groups in total. The van der Waals surface area contributed by atoms with Crippen LogP contribution in [0.5, 0.6) is 0 Å². The molecule has 0 saturated carbocycles. The Labute approximate surface area is 168 Å². The lowest BCUT2D eigenvalue weighted by atomic mass is 10.0. The van der Waals surface area contributed by atoms with Crippen molar-refractivity contribution in [2.24, 2.45) is 17.6 Å². The summed E-state index contributed by atoms with van der Waals surface area (Å²) < 4.78 is 41.0. The maximum atomic E-state index is 13.9. The molecule has 154 valence electrons. The van der Waals surface area contributed by atoms with Gasteiger partial charge in [-0.1, -0.05) is 30.3 Å². The van der Waals surface area contributed by atoms with Crippen molar-refractivity contribution in [3.05, 3.63) is 71.0 Å². The summed E-state index contributed by atoms with van der Waals surface area (Å²) in [6, 6.07) is 11.1. The van der Waals surface area contributed by atoms with Gasteiger partial charge in [-0.3, -0.25) is 4.79 Å². The minimum Gasteiger partial charge on any atom is -0.338 e. The lowest BCUT2D eigenvalue weighted by Crippen LogP contribution is -2.35. The standard InChI is InChI=1S/C22H24F3N3O/c23-17-8-18(24)21(19(25)9-17)22(29)28-12-15-10-27(11-16(15)13-28)7-6-20(26)14-4-2-1-3-5-14/h1-5,8-9,15-16,20H,6-7,10-13,26H2/t15?,16?,20-/m0/s1. The van der Waals surface area contributed by atoms with Crippen LogP contribution in [0.1, 0.15) is 28.4 Å². The summed E-state index contributed by atoms with van der Waals surface area (Å²) in [4.78, 5) is 16.4. The molecule has 2 saturated heterocycles. The Hall–Kier alpha value is -2.38. The van der Waals surface area contributed by atoms with E-state index in [1.54, 1.807) is 0 Å². The second-order valence-electron chi connectivity index (χ2n) is 8.04. The van der Waals surface area contributed by atoms with Crippen LogP contribution in [0.2, 0.25) is 0 Å². The van der Waals surface area contributed by atoms with E-state index in [1.165, 1.54) is 4.90 Å². The van der Waals surface area contributed by atoms with Crippen molar-refractivity contribution in [2.45, 2.75) is 12.5 Å². The highest BCUT2D eigenvalue weighted by molar-refractivity contribution is 5.95. The Balaban J connectivity index is 1.32. The summed E-state index contributed by atoms with van der Waals surface area (Å²) in [6.07, 6.45) is 0.845. The number of carbonyl (C=O) groups excluding carboxylic acids is 1. The van der Waals surface area contributed by atoms with Crippen LogP contribution in [0.25, 0.3) is 0 Å². The Kier molecular flexibility index (Phi) is 5.61. The van der Waals surface area contributed by atoms with Gasteiger partial charge in [-0.25, -0.2) is 13.2 Å². The Morgan fingerprint density at radius 2 is 1.59 bits per heavy atom. The predicted octanol–water partition coefficient (Wildman–Crippen LogP) is 3.20. The zero-order valence-corrected chi connectivity index (χ0v) is 16.0. The number of fused-ring (bicyclic) bond motifs is 1. The third-order valence-electron chi connectivity index (χ3n) is 6.05. The molecule has 29 heavy (non-hydrogen) atoms. The molecule has 0 aliphatic carbocycles. The van der Waals surface area contributed by atoms with E-state index in [2.05, 4.69) is 4.90 Å². The normalized spacial score (nSPS) is 22.7. The first-order chi connectivity index (χ1) is 13.9. The molecule has 2 unspecified atom stereocenters. The zero-order chi connectivity index (χ0) is 20.5. The van der Waals surface area contributed by atoms with Crippen molar-refractivity contribution in [3.8, 4) is 0 Å². The topological polar surface area (TPSA) is 49.6 Å². The average Bonchev–Trinajstić information content (AvgIpc) is 3.24. The molecule has 0 aromatic heterocycles. The second-order valence-corrected chi connectivity index (χ2v) is 8.04. The third-order valence-corrected chi connectivity index (χ3v) is 6.05. The fourth-order valence-electron chi connectivity index (χ4n) is 4.53. The van der Waals surface area contributed by atoms with E-state index in [9.17, 15) is 18.0 Å². The predicted molar refractivity (Wildman–Crippen MR) is 104 cm³/mol. The number of benzene rings is 2. The van der Waals surface area contributed by atoms with Crippen molar-refractivity contribution in [3.63, 3.8) is 0 Å². The van der Waals surface area contributed by atoms with Gasteiger partial charge in [0.25, 0.3) is 5.91 Å². The van der Waals surface area contributed by atoms with Gasteiger partial charge in [0.1, 0.15) is 23.0 Å². The van der Waals surface area contributed by atoms with Gasteiger partial charge in [0.2, 0.25) is 0 Å². The van der Waals surface area contributed by atoms with Crippen LogP contribution in [0.4, 0.5) is 13.2 Å². The van der Waals surface area contributed by atoms with Gasteiger partial charge < -0.3 is 15.5 Å². The molecular formula is C22H24F3N3O. The lowest BCUT2D eigenvalue weighted by Gasteiger charge is -2.23. The number of halogens is 3. The van der Waals surface area contributed by atoms with Gasteiger partial charge in [0, 0.05) is 44.4 Å². The van der Waals surface area contributed by atoms with Gasteiger partial charge in [0.15, 0.2) is 0 Å². The van der Waals surface area contributed by atoms with E-state index in [0.717, 1.165) is 31.6 Å². The van der Waals surface area contributed by atoms with Crippen molar-refractivity contribution >= 4 is 5.91 Å². The number of hydrogen-bond acceptors (Lipinski definition) is 3. The van der Waals surface area contributed by atoms with Gasteiger partial charge in [-0.05, 0) is 30.4 Å². The van der Waals surface area contributed by atoms with Crippen molar-refractivity contribution in [1.29, 1.82) is 0 Å². The molecule has 2 aromatic carbocycles. The maximum Gasteiger partial charge on any atom is 0.259 e.